The number of likely N-dealkylation sites (tertiary alicyclic amines) is 1. The van der Waals surface area contributed by atoms with Crippen LogP contribution in [0.5, 0.6) is 5.75 Å². The molecule has 10 nitrogen and oxygen atoms in total. The van der Waals surface area contributed by atoms with Crippen molar-refractivity contribution in [1.82, 2.24) is 29.8 Å². The van der Waals surface area contributed by atoms with Gasteiger partial charge in [-0.2, -0.15) is 0 Å². The molecule has 9 N–H and O–H groups in total. The Bertz CT molecular complexity index is 2200. The first-order valence-electron chi connectivity index (χ1n) is 24.7. The van der Waals surface area contributed by atoms with Gasteiger partial charge in [-0.15, -0.1) is 6.58 Å². The number of hydrogen-bond acceptors (Lipinski definition) is 9. The molecule has 4 heterocycles. The number of ether oxygens (including phenoxy) is 1. The summed E-state index contributed by atoms with van der Waals surface area (Å²) in [6.07, 6.45) is 18.2. The fourth-order valence-corrected chi connectivity index (χ4v) is 10.2. The molecule has 2 aromatic heterocycles. The van der Waals surface area contributed by atoms with Crippen molar-refractivity contribution in [3.05, 3.63) is 99.6 Å². The van der Waals surface area contributed by atoms with Crippen molar-refractivity contribution >= 4 is 34.4 Å². The Morgan fingerprint density at radius 3 is 2.33 bits per heavy atom. The fraction of sp³-hybridized carbons (Fsp3) is 0.593. The fourth-order valence-electron chi connectivity index (χ4n) is 9.54. The number of aryl methyl sites for hydroxylation is 1. The third-order valence-corrected chi connectivity index (χ3v) is 14.1. The number of aromatic nitrogens is 2. The molecule has 1 fully saturated rings. The molecule has 5 unspecified atom stereocenters. The first kappa shape index (κ1) is 55.6. The van der Waals surface area contributed by atoms with Crippen LogP contribution in [0.4, 0.5) is 14.5 Å². The van der Waals surface area contributed by atoms with Gasteiger partial charge < -0.3 is 41.3 Å². The molecule has 7 rings (SSSR count). The van der Waals surface area contributed by atoms with E-state index in [1.165, 1.54) is 38.6 Å². The monoisotopic (exact) mass is 949 g/mol. The summed E-state index contributed by atoms with van der Waals surface area (Å²) in [5, 5.41) is 18.4. The van der Waals surface area contributed by atoms with Crippen LogP contribution >= 0.6 is 11.5 Å². The highest BCUT2D eigenvalue weighted by Gasteiger charge is 2.38. The minimum atomic E-state index is -1.42. The van der Waals surface area contributed by atoms with Gasteiger partial charge in [-0.05, 0) is 121 Å². The number of nitrogen functional groups attached to an aromatic ring is 1. The lowest BCUT2D eigenvalue weighted by Crippen LogP contribution is -2.53. The average molecular weight is 949 g/mol. The van der Waals surface area contributed by atoms with Gasteiger partial charge in [0.1, 0.15) is 23.3 Å². The largest absolute Gasteiger partial charge is 0.488 e. The molecule has 2 aliphatic heterocycles. The van der Waals surface area contributed by atoms with Gasteiger partial charge in [-0.3, -0.25) is 9.80 Å². The zero-order chi connectivity index (χ0) is 49.6. The van der Waals surface area contributed by atoms with E-state index in [-0.39, 0.29) is 24.2 Å². The van der Waals surface area contributed by atoms with Crippen molar-refractivity contribution < 1.29 is 18.6 Å². The van der Waals surface area contributed by atoms with E-state index in [0.29, 0.717) is 54.5 Å². The normalized spacial score (nSPS) is 19.8. The molecule has 1 saturated heterocycles. The Labute approximate surface area is 405 Å². The highest BCUT2D eigenvalue weighted by Crippen LogP contribution is 2.40. The maximum Gasteiger partial charge on any atom is 0.134 e. The number of hydrogen-bond donors (Lipinski definition) is 7. The molecular formula is C54H86F2N8O2S. The van der Waals surface area contributed by atoms with Crippen molar-refractivity contribution in [2.45, 2.75) is 138 Å². The van der Waals surface area contributed by atoms with Crippen molar-refractivity contribution in [2.24, 2.45) is 23.0 Å². The number of aliphatic hydroxyl groups excluding tert-OH is 1. The highest BCUT2D eigenvalue weighted by atomic mass is 32.1. The van der Waals surface area contributed by atoms with Crippen LogP contribution in [0.1, 0.15) is 128 Å². The van der Waals surface area contributed by atoms with Crippen molar-refractivity contribution in [2.75, 3.05) is 58.6 Å². The summed E-state index contributed by atoms with van der Waals surface area (Å²) in [5.41, 5.74) is 18.0. The van der Waals surface area contributed by atoms with Gasteiger partial charge in [-0.1, -0.05) is 95.6 Å². The highest BCUT2D eigenvalue weighted by molar-refractivity contribution is 7.08. The number of nitrogens with one attached hydrogen (secondary N) is 4. The molecule has 0 spiro atoms. The SMILES string of the molecule is C=CNC(C=C)C(C)(C)C.CC.CCN1CC(Oc2cc(N)c(C3c4[nH]c5c(c4CCN3CC(C)(C)F)=C(C)CCC=5)c(F)c2)C1.CNCC(O)CC(CN)CC1C=CC(c2s[nH]c2C)=CC1. The number of H-pyrrole nitrogens is 2. The van der Waals surface area contributed by atoms with Crippen LogP contribution in [0.25, 0.3) is 17.2 Å². The summed E-state index contributed by atoms with van der Waals surface area (Å²) in [5.74, 6) is 0.983. The predicted octanol–water partition coefficient (Wildman–Crippen LogP) is 8.89. The summed E-state index contributed by atoms with van der Waals surface area (Å²) in [6.45, 7) is 32.1. The minimum Gasteiger partial charge on any atom is -0.488 e. The number of nitrogens with zero attached hydrogens (tertiary/aromatic N) is 2. The van der Waals surface area contributed by atoms with Crippen LogP contribution in [0.3, 0.4) is 0 Å². The van der Waals surface area contributed by atoms with Crippen molar-refractivity contribution in [3.8, 4) is 5.75 Å². The number of nitrogens with two attached hydrogens (primary N) is 2. The molecule has 1 aromatic carbocycles. The van der Waals surface area contributed by atoms with E-state index in [4.69, 9.17) is 16.2 Å². The summed E-state index contributed by atoms with van der Waals surface area (Å²) in [6, 6.07) is 3.01. The van der Waals surface area contributed by atoms with Crippen LogP contribution in [0, 0.1) is 30.0 Å². The number of anilines is 1. The van der Waals surface area contributed by atoms with Gasteiger partial charge in [0.25, 0.3) is 0 Å². The number of fused-ring (bicyclic) bond motifs is 3. The van der Waals surface area contributed by atoms with Crippen LogP contribution in [-0.2, 0) is 6.42 Å². The lowest BCUT2D eigenvalue weighted by Gasteiger charge is -2.39. The number of aliphatic hydroxyl groups is 1. The van der Waals surface area contributed by atoms with Gasteiger partial charge >= 0.3 is 0 Å². The number of rotatable bonds is 17. The van der Waals surface area contributed by atoms with E-state index in [1.807, 2.05) is 31.9 Å². The number of halogens is 2. The second kappa shape index (κ2) is 25.6. The molecule has 374 valence electrons. The van der Waals surface area contributed by atoms with E-state index in [2.05, 4.69) is 104 Å². The van der Waals surface area contributed by atoms with Crippen LogP contribution in [-0.4, -0.2) is 101 Å². The molecule has 0 radical (unpaired) electrons. The third-order valence-electron chi connectivity index (χ3n) is 13.0. The number of allylic oxidation sites excluding steroid dienone is 4. The topological polar surface area (TPSA) is 144 Å². The van der Waals surface area contributed by atoms with Gasteiger partial charge in [0, 0.05) is 84.1 Å². The summed E-state index contributed by atoms with van der Waals surface area (Å²) in [4.78, 5) is 9.24. The standard InChI is InChI=1S/C27H36F2N4O.C16H27N3OS.C9H17N.C2H6/c1-5-32-13-18(14-32)34-17-11-20(28)24(21(30)12-17)26-25-19(9-10-33(26)15-27(3,4)29)23-16(2)7-6-8-22(23)31-25;1-11-16(21-19-11)14-5-3-12(4-6-14)7-13(9-17)8-15(20)10-18-2;1-6-8(10-7-2)9(3,4)5;1-2/h8,11-12,18,26,31H,5-7,9-10,13-15,30H2,1-4H3;3,5-6,12-13,15,18-20H,4,7-10,17H2,1-2H3;6-8,10H,1-2H2,3-5H3;1-2H3. The quantitative estimate of drug-likeness (QED) is 0.0526. The van der Waals surface area contributed by atoms with Crippen LogP contribution < -0.4 is 37.4 Å². The van der Waals surface area contributed by atoms with E-state index >= 15 is 4.39 Å². The van der Waals surface area contributed by atoms with Gasteiger partial charge in [0.05, 0.1) is 17.0 Å². The van der Waals surface area contributed by atoms with E-state index < -0.39 is 17.5 Å². The first-order chi connectivity index (χ1) is 31.8. The Morgan fingerprint density at radius 2 is 1.82 bits per heavy atom. The summed E-state index contributed by atoms with van der Waals surface area (Å²) < 4.78 is 39.8. The van der Waals surface area contributed by atoms with Gasteiger partial charge in [0.2, 0.25) is 0 Å². The zero-order valence-electron chi connectivity index (χ0n) is 42.8. The van der Waals surface area contributed by atoms with Crippen molar-refractivity contribution in [3.63, 3.8) is 0 Å². The minimum absolute atomic E-state index is 0.0545. The number of aromatic amines is 2. The lowest BCUT2D eigenvalue weighted by molar-refractivity contribution is 0.0236. The zero-order valence-corrected chi connectivity index (χ0v) is 43.6. The molecule has 5 atom stereocenters. The maximum absolute atomic E-state index is 15.8. The van der Waals surface area contributed by atoms with Gasteiger partial charge in [-0.25, -0.2) is 8.78 Å². The molecule has 13 heteroatoms. The average Bonchev–Trinajstić information content (AvgIpc) is 3.64. The summed E-state index contributed by atoms with van der Waals surface area (Å²) >= 11 is 1.70. The Balaban J connectivity index is 0.000000252. The Hall–Kier alpha value is -3.98. The lowest BCUT2D eigenvalue weighted by atomic mass is 9.85. The number of likely N-dealkylation sites (N-methyl/N-ethyl adjacent to an activating group) is 2. The number of alkyl halides is 1. The molecule has 0 amide bonds. The smallest absolute Gasteiger partial charge is 0.134 e. The van der Waals surface area contributed by atoms with Crippen LogP contribution in [0.2, 0.25) is 0 Å². The maximum atomic E-state index is 15.8. The predicted molar refractivity (Wildman–Crippen MR) is 281 cm³/mol. The second-order valence-corrected chi connectivity index (χ2v) is 20.9. The third kappa shape index (κ3) is 15.3. The molecule has 2 aliphatic carbocycles. The molecule has 0 bridgehead atoms. The molecule has 4 aliphatic rings. The molecular weight excluding hydrogens is 863 g/mol. The van der Waals surface area contributed by atoms with Gasteiger partial charge in [0.15, 0.2) is 0 Å². The molecule has 0 saturated carbocycles. The molecule has 3 aromatic rings. The van der Waals surface area contributed by atoms with E-state index in [0.717, 1.165) is 69.2 Å². The summed E-state index contributed by atoms with van der Waals surface area (Å²) in [7, 11) is 1.86. The Kier molecular flexibility index (Phi) is 21.2. The first-order valence-corrected chi connectivity index (χ1v) is 25.5. The van der Waals surface area contributed by atoms with E-state index in [9.17, 15) is 9.50 Å². The van der Waals surface area contributed by atoms with Crippen LogP contribution in [0.15, 0.2) is 55.8 Å². The second-order valence-electron chi connectivity index (χ2n) is 20.1. The number of benzene rings is 1. The molecule has 67 heavy (non-hydrogen) atoms. The van der Waals surface area contributed by atoms with E-state index in [1.54, 1.807) is 37.6 Å². The Morgan fingerprint density at radius 1 is 1.10 bits per heavy atom. The van der Waals surface area contributed by atoms with Crippen molar-refractivity contribution in [1.29, 1.82) is 0 Å².